The highest BCUT2D eigenvalue weighted by atomic mass is 35.5. The summed E-state index contributed by atoms with van der Waals surface area (Å²) in [5.41, 5.74) is -0.705. The third-order valence-corrected chi connectivity index (χ3v) is 5.35. The molecule has 1 aromatic rings. The van der Waals surface area contributed by atoms with Crippen LogP contribution in [0.2, 0.25) is 5.15 Å². The second-order valence-corrected chi connectivity index (χ2v) is 8.66. The zero-order valence-corrected chi connectivity index (χ0v) is 17.0. The summed E-state index contributed by atoms with van der Waals surface area (Å²) in [6.07, 6.45) is -0.719. The van der Waals surface area contributed by atoms with Crippen molar-refractivity contribution in [3.05, 3.63) is 10.0 Å². The van der Waals surface area contributed by atoms with Gasteiger partial charge in [-0.1, -0.05) is 11.6 Å². The van der Waals surface area contributed by atoms with Crippen molar-refractivity contribution in [2.45, 2.75) is 38.8 Å². The second-order valence-electron chi connectivity index (χ2n) is 7.24. The molecule has 0 radical (unpaired) electrons. The fourth-order valence-electron chi connectivity index (χ4n) is 2.42. The number of rotatable bonds is 5. The average molecular weight is 405 g/mol. The zero-order valence-electron chi connectivity index (χ0n) is 15.4. The summed E-state index contributed by atoms with van der Waals surface area (Å²) in [7, 11) is 2.07. The van der Waals surface area contributed by atoms with Gasteiger partial charge in [0.25, 0.3) is 0 Å². The van der Waals surface area contributed by atoms with Crippen LogP contribution in [-0.4, -0.2) is 71.9 Å². The van der Waals surface area contributed by atoms with Crippen LogP contribution in [0, 0.1) is 0 Å². The Labute approximate surface area is 162 Å². The van der Waals surface area contributed by atoms with E-state index < -0.39 is 23.7 Å². The van der Waals surface area contributed by atoms with Crippen molar-refractivity contribution in [1.29, 1.82) is 0 Å². The van der Waals surface area contributed by atoms with Crippen molar-refractivity contribution in [1.82, 2.24) is 15.2 Å². The van der Waals surface area contributed by atoms with E-state index in [2.05, 4.69) is 27.1 Å². The predicted molar refractivity (Wildman–Crippen MR) is 101 cm³/mol. The van der Waals surface area contributed by atoms with Gasteiger partial charge in [0.1, 0.15) is 16.8 Å². The predicted octanol–water partition coefficient (Wildman–Crippen LogP) is 2.07. The highest BCUT2D eigenvalue weighted by Crippen LogP contribution is 2.31. The molecule has 2 heterocycles. The molecule has 1 amide bonds. The molecule has 1 aliphatic rings. The lowest BCUT2D eigenvalue weighted by molar-refractivity contribution is -0.139. The van der Waals surface area contributed by atoms with Gasteiger partial charge in [-0.05, 0) is 27.8 Å². The summed E-state index contributed by atoms with van der Waals surface area (Å²) in [4.78, 5) is 32.8. The maximum absolute atomic E-state index is 11.9. The molecule has 1 aliphatic heterocycles. The number of hydrogen-bond donors (Lipinski definition) is 2. The van der Waals surface area contributed by atoms with Crippen molar-refractivity contribution in [3.63, 3.8) is 0 Å². The number of likely N-dealkylation sites (N-methyl/N-ethyl adjacent to an activating group) is 1. The number of nitrogens with one attached hydrogen (secondary N) is 1. The molecule has 1 aromatic heterocycles. The largest absolute Gasteiger partial charge is 0.480 e. The lowest BCUT2D eigenvalue weighted by Gasteiger charge is -2.32. The Hall–Kier alpha value is -1.58. The monoisotopic (exact) mass is 404 g/mol. The molecule has 1 saturated heterocycles. The van der Waals surface area contributed by atoms with Gasteiger partial charge in [0.2, 0.25) is 0 Å². The highest BCUT2D eigenvalue weighted by molar-refractivity contribution is 7.16. The van der Waals surface area contributed by atoms with Gasteiger partial charge in [-0.15, -0.1) is 11.3 Å². The number of carboxylic acid groups (broad SMARTS) is 1. The molecule has 146 valence electrons. The summed E-state index contributed by atoms with van der Waals surface area (Å²) in [6, 6.07) is -1.14. The molecule has 0 saturated carbocycles. The second kappa shape index (κ2) is 8.41. The molecule has 1 fully saturated rings. The standard InChI is InChI=1S/C16H25ClN4O4S/c1-16(2,3)25-15(24)18-10(13(22)23)9-11-12(17)19-14(26-11)21-7-5-20(4)6-8-21/h10H,5-9H2,1-4H3,(H,18,24)(H,22,23). The third kappa shape index (κ3) is 6.00. The molecule has 2 rings (SSSR count). The highest BCUT2D eigenvalue weighted by Gasteiger charge is 2.27. The van der Waals surface area contributed by atoms with Crippen molar-refractivity contribution in [2.24, 2.45) is 0 Å². The minimum absolute atomic E-state index is 0.0544. The summed E-state index contributed by atoms with van der Waals surface area (Å²) in [5.74, 6) is -1.15. The number of anilines is 1. The molecular formula is C16H25ClN4O4S. The first kappa shape index (κ1) is 20.7. The molecule has 1 atom stereocenters. The molecular weight excluding hydrogens is 380 g/mol. The van der Waals surface area contributed by atoms with Gasteiger partial charge in [0.15, 0.2) is 5.13 Å². The van der Waals surface area contributed by atoms with Crippen LogP contribution in [0.25, 0.3) is 0 Å². The van der Waals surface area contributed by atoms with Crippen LogP contribution in [0.4, 0.5) is 9.93 Å². The number of halogens is 1. The molecule has 0 spiro atoms. The Bertz CT molecular complexity index is 653. The van der Waals surface area contributed by atoms with Gasteiger partial charge in [0, 0.05) is 37.5 Å². The van der Waals surface area contributed by atoms with Gasteiger partial charge in [-0.3, -0.25) is 0 Å². The Kier molecular flexibility index (Phi) is 6.70. The summed E-state index contributed by atoms with van der Waals surface area (Å²) < 4.78 is 5.13. The molecule has 8 nitrogen and oxygen atoms in total. The van der Waals surface area contributed by atoms with E-state index in [0.29, 0.717) is 4.88 Å². The molecule has 2 N–H and O–H groups in total. The number of thiazole rings is 1. The number of carbonyl (C=O) groups excluding carboxylic acids is 1. The van der Waals surface area contributed by atoms with Crippen LogP contribution >= 0.6 is 22.9 Å². The molecule has 0 aromatic carbocycles. The Morgan fingerprint density at radius 1 is 1.35 bits per heavy atom. The van der Waals surface area contributed by atoms with Crippen LogP contribution in [0.1, 0.15) is 25.6 Å². The molecule has 0 bridgehead atoms. The fourth-order valence-corrected chi connectivity index (χ4v) is 3.79. The maximum atomic E-state index is 11.9. The number of carbonyl (C=O) groups is 2. The summed E-state index contributed by atoms with van der Waals surface area (Å²) >= 11 is 7.57. The van der Waals surface area contributed by atoms with E-state index in [4.69, 9.17) is 16.3 Å². The molecule has 1 unspecified atom stereocenters. The van der Waals surface area contributed by atoms with Crippen molar-refractivity contribution < 1.29 is 19.4 Å². The van der Waals surface area contributed by atoms with E-state index in [1.165, 1.54) is 11.3 Å². The average Bonchev–Trinajstić information content (AvgIpc) is 2.86. The molecule has 0 aliphatic carbocycles. The number of alkyl carbamates (subject to hydrolysis) is 1. The van der Waals surface area contributed by atoms with Gasteiger partial charge in [0.05, 0.1) is 0 Å². The lowest BCUT2D eigenvalue weighted by atomic mass is 10.2. The lowest BCUT2D eigenvalue weighted by Crippen LogP contribution is -2.44. The first-order chi connectivity index (χ1) is 12.0. The smallest absolute Gasteiger partial charge is 0.408 e. The number of hydrogen-bond acceptors (Lipinski definition) is 7. The van der Waals surface area contributed by atoms with Crippen LogP contribution < -0.4 is 10.2 Å². The van der Waals surface area contributed by atoms with E-state index in [9.17, 15) is 14.7 Å². The summed E-state index contributed by atoms with van der Waals surface area (Å²) in [5, 5.41) is 12.9. The number of nitrogens with zero attached hydrogens (tertiary/aromatic N) is 3. The normalized spacial score (nSPS) is 17.0. The van der Waals surface area contributed by atoms with Gasteiger partial charge < -0.3 is 25.0 Å². The Balaban J connectivity index is 2.04. The van der Waals surface area contributed by atoms with Gasteiger partial charge >= 0.3 is 12.1 Å². The maximum Gasteiger partial charge on any atom is 0.408 e. The van der Waals surface area contributed by atoms with Crippen molar-refractivity contribution >= 4 is 40.1 Å². The van der Waals surface area contributed by atoms with Crippen LogP contribution in [0.5, 0.6) is 0 Å². The third-order valence-electron chi connectivity index (χ3n) is 3.79. The van der Waals surface area contributed by atoms with Gasteiger partial charge in [-0.25, -0.2) is 14.6 Å². The van der Waals surface area contributed by atoms with E-state index in [1.54, 1.807) is 20.8 Å². The molecule has 10 heteroatoms. The quantitative estimate of drug-likeness (QED) is 0.775. The SMILES string of the molecule is CN1CCN(c2nc(Cl)c(CC(NC(=O)OC(C)(C)C)C(=O)O)s2)CC1. The number of ether oxygens (including phenoxy) is 1. The minimum atomic E-state index is -1.15. The molecule has 26 heavy (non-hydrogen) atoms. The first-order valence-corrected chi connectivity index (χ1v) is 9.55. The number of amides is 1. The van der Waals surface area contributed by atoms with E-state index >= 15 is 0 Å². The van der Waals surface area contributed by atoms with Crippen molar-refractivity contribution in [3.8, 4) is 0 Å². The van der Waals surface area contributed by atoms with E-state index in [1.807, 2.05) is 0 Å². The van der Waals surface area contributed by atoms with Gasteiger partial charge in [-0.2, -0.15) is 0 Å². The topological polar surface area (TPSA) is 95.0 Å². The number of piperazine rings is 1. The Morgan fingerprint density at radius 3 is 2.50 bits per heavy atom. The van der Waals surface area contributed by atoms with Crippen molar-refractivity contribution in [2.75, 3.05) is 38.1 Å². The van der Waals surface area contributed by atoms with E-state index in [-0.39, 0.29) is 11.6 Å². The van der Waals surface area contributed by atoms with Crippen LogP contribution in [-0.2, 0) is 16.0 Å². The summed E-state index contributed by atoms with van der Waals surface area (Å²) in [6.45, 7) is 8.70. The number of aliphatic carboxylic acids is 1. The zero-order chi connectivity index (χ0) is 19.5. The Morgan fingerprint density at radius 2 is 1.96 bits per heavy atom. The minimum Gasteiger partial charge on any atom is -0.480 e. The number of carboxylic acids is 1. The fraction of sp³-hybridized carbons (Fsp3) is 0.688. The van der Waals surface area contributed by atoms with E-state index in [0.717, 1.165) is 31.3 Å². The number of aromatic nitrogens is 1. The first-order valence-electron chi connectivity index (χ1n) is 8.36. The van der Waals surface area contributed by atoms with Crippen LogP contribution in [0.15, 0.2) is 0 Å². The van der Waals surface area contributed by atoms with Crippen LogP contribution in [0.3, 0.4) is 0 Å².